The van der Waals surface area contributed by atoms with Gasteiger partial charge in [0.2, 0.25) is 0 Å². The molecule has 4 heteroatoms. The molecule has 0 heterocycles. The van der Waals surface area contributed by atoms with Crippen molar-refractivity contribution in [3.05, 3.63) is 35.1 Å². The van der Waals surface area contributed by atoms with E-state index in [9.17, 15) is 13.2 Å². The second-order valence-corrected chi connectivity index (χ2v) is 4.15. The molecule has 0 aromatic heterocycles. The fraction of sp³-hybridized carbons (Fsp3) is 0.455. The molecule has 1 aliphatic carbocycles. The van der Waals surface area contributed by atoms with E-state index in [4.69, 9.17) is 5.73 Å². The minimum absolute atomic E-state index is 0.0422. The maximum atomic E-state index is 13.5. The van der Waals surface area contributed by atoms with Crippen LogP contribution in [0.15, 0.2) is 18.2 Å². The minimum Gasteiger partial charge on any atom is -0.329 e. The number of rotatable bonds is 2. The molecule has 0 saturated heterocycles. The lowest BCUT2D eigenvalue weighted by Gasteiger charge is -2.15. The van der Waals surface area contributed by atoms with E-state index in [1.807, 2.05) is 0 Å². The van der Waals surface area contributed by atoms with Crippen LogP contribution in [-0.4, -0.2) is 12.5 Å². The van der Waals surface area contributed by atoms with Gasteiger partial charge in [0.05, 0.1) is 5.41 Å². The van der Waals surface area contributed by atoms with Crippen LogP contribution in [0, 0.1) is 12.7 Å². The van der Waals surface area contributed by atoms with Crippen LogP contribution in [-0.2, 0) is 5.41 Å². The lowest BCUT2D eigenvalue weighted by atomic mass is 9.94. The molecule has 1 atom stereocenters. The van der Waals surface area contributed by atoms with Crippen molar-refractivity contribution in [2.24, 2.45) is 5.73 Å². The van der Waals surface area contributed by atoms with Crippen LogP contribution in [0.2, 0.25) is 0 Å². The maximum absolute atomic E-state index is 13.5. The highest BCUT2D eigenvalue weighted by Gasteiger charge is 2.71. The van der Waals surface area contributed by atoms with Crippen LogP contribution >= 0.6 is 0 Å². The van der Waals surface area contributed by atoms with Gasteiger partial charge in [0.15, 0.2) is 0 Å². The van der Waals surface area contributed by atoms with Crippen LogP contribution < -0.4 is 5.73 Å². The summed E-state index contributed by atoms with van der Waals surface area (Å²) in [7, 11) is 0. The Kier molecular flexibility index (Phi) is 2.08. The Hall–Kier alpha value is -1.03. The maximum Gasteiger partial charge on any atom is 0.260 e. The minimum atomic E-state index is -2.86. The molecule has 0 bridgehead atoms. The van der Waals surface area contributed by atoms with Gasteiger partial charge in [0.1, 0.15) is 5.82 Å². The standard InChI is InChI=1S/C11H12F3N/c1-7-2-3-8(9(12)4-7)10(6-15)5-11(10,13)14/h2-4H,5-6,15H2,1H3. The fourth-order valence-corrected chi connectivity index (χ4v) is 1.97. The van der Waals surface area contributed by atoms with Gasteiger partial charge in [-0.25, -0.2) is 13.2 Å². The lowest BCUT2D eigenvalue weighted by molar-refractivity contribution is 0.0886. The first-order chi connectivity index (χ1) is 6.93. The van der Waals surface area contributed by atoms with Crippen LogP contribution in [0.5, 0.6) is 0 Å². The molecular weight excluding hydrogens is 203 g/mol. The van der Waals surface area contributed by atoms with E-state index in [0.717, 1.165) is 0 Å². The molecular formula is C11H12F3N. The second kappa shape index (κ2) is 2.98. The topological polar surface area (TPSA) is 26.0 Å². The molecule has 0 amide bonds. The number of aryl methyl sites for hydroxylation is 1. The van der Waals surface area contributed by atoms with Crippen molar-refractivity contribution < 1.29 is 13.2 Å². The first kappa shape index (κ1) is 10.5. The molecule has 1 fully saturated rings. The van der Waals surface area contributed by atoms with Crippen molar-refractivity contribution in [3.8, 4) is 0 Å². The summed E-state index contributed by atoms with van der Waals surface area (Å²) < 4.78 is 39.9. The van der Waals surface area contributed by atoms with Gasteiger partial charge in [0, 0.05) is 18.5 Å². The first-order valence-corrected chi connectivity index (χ1v) is 4.77. The predicted molar refractivity (Wildman–Crippen MR) is 51.4 cm³/mol. The Morgan fingerprint density at radius 3 is 2.40 bits per heavy atom. The molecule has 2 rings (SSSR count). The molecule has 2 N–H and O–H groups in total. The molecule has 1 unspecified atom stereocenters. The van der Waals surface area contributed by atoms with Crippen LogP contribution in [0.4, 0.5) is 13.2 Å². The molecule has 0 aliphatic heterocycles. The summed E-state index contributed by atoms with van der Waals surface area (Å²) in [5, 5.41) is 0. The summed E-state index contributed by atoms with van der Waals surface area (Å²) in [6.07, 6.45) is -0.351. The molecule has 15 heavy (non-hydrogen) atoms. The highest BCUT2D eigenvalue weighted by atomic mass is 19.3. The molecule has 82 valence electrons. The van der Waals surface area contributed by atoms with Crippen molar-refractivity contribution in [3.63, 3.8) is 0 Å². The number of alkyl halides is 2. The Morgan fingerprint density at radius 2 is 2.00 bits per heavy atom. The zero-order chi connectivity index (χ0) is 11.3. The smallest absolute Gasteiger partial charge is 0.260 e. The van der Waals surface area contributed by atoms with Gasteiger partial charge < -0.3 is 5.73 Å². The zero-order valence-electron chi connectivity index (χ0n) is 8.36. The number of nitrogens with two attached hydrogens (primary N) is 1. The monoisotopic (exact) mass is 215 g/mol. The van der Waals surface area contributed by atoms with E-state index < -0.39 is 17.2 Å². The summed E-state index contributed by atoms with van der Waals surface area (Å²) in [5.41, 5.74) is 4.63. The molecule has 1 aliphatic rings. The largest absolute Gasteiger partial charge is 0.329 e. The third-order valence-electron chi connectivity index (χ3n) is 3.09. The lowest BCUT2D eigenvalue weighted by Crippen LogP contribution is -2.27. The predicted octanol–water partition coefficient (Wildman–Crippen LogP) is 2.37. The molecule has 1 aromatic carbocycles. The summed E-state index contributed by atoms with van der Waals surface area (Å²) in [6, 6.07) is 4.31. The van der Waals surface area contributed by atoms with Crippen molar-refractivity contribution in [1.82, 2.24) is 0 Å². The van der Waals surface area contributed by atoms with E-state index in [1.165, 1.54) is 12.1 Å². The van der Waals surface area contributed by atoms with Crippen molar-refractivity contribution in [1.29, 1.82) is 0 Å². The quantitative estimate of drug-likeness (QED) is 0.805. The summed E-state index contributed by atoms with van der Waals surface area (Å²) in [6.45, 7) is 1.49. The fourth-order valence-electron chi connectivity index (χ4n) is 1.97. The average molecular weight is 215 g/mol. The molecule has 1 nitrogen and oxygen atoms in total. The van der Waals surface area contributed by atoms with Gasteiger partial charge in [-0.05, 0) is 18.6 Å². The number of hydrogen-bond donors (Lipinski definition) is 1. The highest BCUT2D eigenvalue weighted by molar-refractivity contribution is 5.40. The van der Waals surface area contributed by atoms with Crippen molar-refractivity contribution >= 4 is 0 Å². The Labute approximate surface area is 86.1 Å². The van der Waals surface area contributed by atoms with E-state index in [0.29, 0.717) is 5.56 Å². The first-order valence-electron chi connectivity index (χ1n) is 4.77. The highest BCUT2D eigenvalue weighted by Crippen LogP contribution is 2.61. The molecule has 1 aromatic rings. The second-order valence-electron chi connectivity index (χ2n) is 4.15. The van der Waals surface area contributed by atoms with Gasteiger partial charge in [-0.1, -0.05) is 12.1 Å². The van der Waals surface area contributed by atoms with E-state index >= 15 is 0 Å². The van der Waals surface area contributed by atoms with E-state index in [2.05, 4.69) is 0 Å². The Bertz CT molecular complexity index is 403. The van der Waals surface area contributed by atoms with E-state index in [1.54, 1.807) is 13.0 Å². The molecule has 0 spiro atoms. The van der Waals surface area contributed by atoms with Crippen LogP contribution in [0.3, 0.4) is 0 Å². The third kappa shape index (κ3) is 1.35. The van der Waals surface area contributed by atoms with Gasteiger partial charge >= 0.3 is 0 Å². The Morgan fingerprint density at radius 1 is 1.40 bits per heavy atom. The SMILES string of the molecule is Cc1ccc(C2(CN)CC2(F)F)c(F)c1. The summed E-state index contributed by atoms with van der Waals surface area (Å²) in [5.74, 6) is -3.45. The van der Waals surface area contributed by atoms with Gasteiger partial charge in [-0.15, -0.1) is 0 Å². The third-order valence-corrected chi connectivity index (χ3v) is 3.09. The summed E-state index contributed by atoms with van der Waals surface area (Å²) in [4.78, 5) is 0. The molecule has 0 radical (unpaired) electrons. The van der Waals surface area contributed by atoms with E-state index in [-0.39, 0.29) is 18.5 Å². The van der Waals surface area contributed by atoms with Gasteiger partial charge in [-0.2, -0.15) is 0 Å². The molecule has 1 saturated carbocycles. The number of hydrogen-bond acceptors (Lipinski definition) is 1. The Balaban J connectivity index is 2.46. The van der Waals surface area contributed by atoms with Gasteiger partial charge in [0.25, 0.3) is 5.92 Å². The average Bonchev–Trinajstić information content (AvgIpc) is 2.69. The zero-order valence-corrected chi connectivity index (χ0v) is 8.36. The summed E-state index contributed by atoms with van der Waals surface area (Å²) >= 11 is 0. The van der Waals surface area contributed by atoms with Crippen LogP contribution in [0.25, 0.3) is 0 Å². The van der Waals surface area contributed by atoms with Crippen LogP contribution in [0.1, 0.15) is 17.5 Å². The normalized spacial score (nSPS) is 27.8. The number of benzene rings is 1. The van der Waals surface area contributed by atoms with Gasteiger partial charge in [-0.3, -0.25) is 0 Å². The number of halogens is 3. The van der Waals surface area contributed by atoms with Crippen molar-refractivity contribution in [2.75, 3.05) is 6.54 Å². The van der Waals surface area contributed by atoms with Crippen molar-refractivity contribution in [2.45, 2.75) is 24.7 Å².